The zero-order valence-corrected chi connectivity index (χ0v) is 15.0. The summed E-state index contributed by atoms with van der Waals surface area (Å²) >= 11 is 1.65. The second-order valence-corrected chi connectivity index (χ2v) is 6.97. The lowest BCUT2D eigenvalue weighted by molar-refractivity contribution is -0.147. The van der Waals surface area contributed by atoms with Crippen LogP contribution in [0.1, 0.15) is 48.2 Å². The van der Waals surface area contributed by atoms with Crippen LogP contribution >= 0.6 is 11.3 Å². The van der Waals surface area contributed by atoms with E-state index in [1.807, 2.05) is 24.1 Å². The lowest BCUT2D eigenvalue weighted by atomic mass is 10.1. The summed E-state index contributed by atoms with van der Waals surface area (Å²) < 4.78 is 11.0. The average molecular weight is 350 g/mol. The topological polar surface area (TPSA) is 81.4 Å². The van der Waals surface area contributed by atoms with Gasteiger partial charge in [0.15, 0.2) is 5.82 Å². The van der Waals surface area contributed by atoms with Gasteiger partial charge in [0.25, 0.3) is 5.89 Å². The van der Waals surface area contributed by atoms with Gasteiger partial charge >= 0.3 is 0 Å². The third kappa shape index (κ3) is 3.81. The number of aromatic nitrogens is 3. The Hall–Kier alpha value is -1.80. The number of hydrogen-bond donors (Lipinski definition) is 0. The average Bonchev–Trinajstić information content (AvgIpc) is 3.15. The summed E-state index contributed by atoms with van der Waals surface area (Å²) in [6, 6.07) is -0.311. The van der Waals surface area contributed by atoms with Crippen LogP contribution in [0, 0.1) is 13.8 Å². The highest BCUT2D eigenvalue weighted by molar-refractivity contribution is 7.09. The summed E-state index contributed by atoms with van der Waals surface area (Å²) in [6.45, 7) is 6.76. The van der Waals surface area contributed by atoms with Crippen molar-refractivity contribution >= 4 is 17.2 Å². The minimum absolute atomic E-state index is 0.0966. The fourth-order valence-corrected chi connectivity index (χ4v) is 3.74. The number of nitrogens with zero attached hydrogens (tertiary/aromatic N) is 4. The Morgan fingerprint density at radius 2 is 2.25 bits per heavy atom. The second kappa shape index (κ2) is 7.40. The molecule has 130 valence electrons. The van der Waals surface area contributed by atoms with Gasteiger partial charge in [0, 0.05) is 24.0 Å². The lowest BCUT2D eigenvalue weighted by Gasteiger charge is -2.37. The molecule has 0 saturated carbocycles. The number of carbonyl (C=O) groups is 1. The number of aryl methyl sites for hydroxylation is 3. The molecule has 1 aliphatic rings. The summed E-state index contributed by atoms with van der Waals surface area (Å²) in [5.41, 5.74) is 1.04. The van der Waals surface area contributed by atoms with Crippen LogP contribution < -0.4 is 0 Å². The number of ether oxygens (including phenoxy) is 1. The maximum atomic E-state index is 12.7. The van der Waals surface area contributed by atoms with Crippen molar-refractivity contribution in [3.8, 4) is 0 Å². The molecule has 0 radical (unpaired) electrons. The van der Waals surface area contributed by atoms with Crippen molar-refractivity contribution in [3.63, 3.8) is 0 Å². The molecule has 1 aliphatic heterocycles. The van der Waals surface area contributed by atoms with Gasteiger partial charge in [-0.2, -0.15) is 4.98 Å². The summed E-state index contributed by atoms with van der Waals surface area (Å²) in [5.74, 6) is 1.11. The highest BCUT2D eigenvalue weighted by atomic mass is 32.1. The van der Waals surface area contributed by atoms with Gasteiger partial charge in [-0.05, 0) is 33.6 Å². The van der Waals surface area contributed by atoms with Crippen LogP contribution in [0.15, 0.2) is 9.90 Å². The number of hydrogen-bond acceptors (Lipinski definition) is 7. The Kier molecular flexibility index (Phi) is 5.25. The van der Waals surface area contributed by atoms with Crippen LogP contribution in [0.4, 0.5) is 0 Å². The minimum Gasteiger partial charge on any atom is -0.374 e. The fraction of sp³-hybridized carbons (Fsp3) is 0.625. The molecule has 3 heterocycles. The first-order valence-corrected chi connectivity index (χ1v) is 9.05. The van der Waals surface area contributed by atoms with Crippen molar-refractivity contribution < 1.29 is 14.1 Å². The summed E-state index contributed by atoms with van der Waals surface area (Å²) in [4.78, 5) is 23.2. The van der Waals surface area contributed by atoms with E-state index in [0.717, 1.165) is 23.5 Å². The van der Waals surface area contributed by atoms with Gasteiger partial charge in [-0.25, -0.2) is 4.98 Å². The van der Waals surface area contributed by atoms with E-state index >= 15 is 0 Å². The van der Waals surface area contributed by atoms with Gasteiger partial charge in [0.05, 0.1) is 17.7 Å². The molecule has 1 amide bonds. The van der Waals surface area contributed by atoms with E-state index in [9.17, 15) is 4.79 Å². The maximum absolute atomic E-state index is 12.7. The lowest BCUT2D eigenvalue weighted by Crippen LogP contribution is -2.47. The minimum atomic E-state index is -0.311. The zero-order valence-electron chi connectivity index (χ0n) is 14.2. The molecule has 3 rings (SSSR count). The molecule has 1 saturated heterocycles. The monoisotopic (exact) mass is 350 g/mol. The number of thiazole rings is 1. The molecule has 0 unspecified atom stereocenters. The van der Waals surface area contributed by atoms with E-state index in [2.05, 4.69) is 15.1 Å². The third-order valence-electron chi connectivity index (χ3n) is 4.06. The molecule has 2 aromatic heterocycles. The Morgan fingerprint density at radius 1 is 1.42 bits per heavy atom. The smallest absolute Gasteiger partial charge is 0.252 e. The molecular formula is C16H22N4O3S. The number of amides is 1. The predicted molar refractivity (Wildman–Crippen MR) is 88.7 cm³/mol. The molecule has 24 heavy (non-hydrogen) atoms. The normalized spacial score (nSPS) is 21.2. The molecule has 0 spiro atoms. The number of rotatable bonds is 5. The van der Waals surface area contributed by atoms with E-state index in [0.29, 0.717) is 31.3 Å². The molecule has 8 heteroatoms. The molecule has 2 atom stereocenters. The third-order valence-corrected chi connectivity index (χ3v) is 5.08. The maximum Gasteiger partial charge on any atom is 0.252 e. The predicted octanol–water partition coefficient (Wildman–Crippen LogP) is 2.45. The molecule has 0 N–H and O–H groups in total. The summed E-state index contributed by atoms with van der Waals surface area (Å²) in [6.07, 6.45) is 1.93. The van der Waals surface area contributed by atoms with Gasteiger partial charge in [0.1, 0.15) is 6.04 Å². The molecule has 2 aromatic rings. The van der Waals surface area contributed by atoms with E-state index in [1.165, 1.54) is 0 Å². The van der Waals surface area contributed by atoms with E-state index < -0.39 is 0 Å². The van der Waals surface area contributed by atoms with Gasteiger partial charge in [-0.15, -0.1) is 11.3 Å². The van der Waals surface area contributed by atoms with E-state index in [4.69, 9.17) is 9.26 Å². The number of carbonyl (C=O) groups excluding carboxylic acids is 1. The van der Waals surface area contributed by atoms with E-state index in [-0.39, 0.29) is 18.1 Å². The van der Waals surface area contributed by atoms with Crippen molar-refractivity contribution in [2.45, 2.75) is 52.2 Å². The fourth-order valence-electron chi connectivity index (χ4n) is 2.92. The van der Waals surface area contributed by atoms with Crippen LogP contribution in [-0.4, -0.2) is 45.2 Å². The van der Waals surface area contributed by atoms with Crippen molar-refractivity contribution in [2.75, 3.05) is 13.2 Å². The highest BCUT2D eigenvalue weighted by Gasteiger charge is 2.37. The Morgan fingerprint density at radius 3 is 2.92 bits per heavy atom. The largest absolute Gasteiger partial charge is 0.374 e. The van der Waals surface area contributed by atoms with Crippen LogP contribution in [-0.2, 0) is 16.0 Å². The van der Waals surface area contributed by atoms with Crippen LogP contribution in [0.3, 0.4) is 0 Å². The van der Waals surface area contributed by atoms with Gasteiger partial charge in [-0.1, -0.05) is 5.16 Å². The summed E-state index contributed by atoms with van der Waals surface area (Å²) in [7, 11) is 0. The first-order chi connectivity index (χ1) is 11.5. The molecule has 1 fully saturated rings. The van der Waals surface area contributed by atoms with Gasteiger partial charge < -0.3 is 14.2 Å². The quantitative estimate of drug-likeness (QED) is 0.824. The van der Waals surface area contributed by atoms with Crippen LogP contribution in [0.5, 0.6) is 0 Å². The summed E-state index contributed by atoms with van der Waals surface area (Å²) in [5, 5.41) is 6.96. The second-order valence-electron chi connectivity index (χ2n) is 6.02. The van der Waals surface area contributed by atoms with Gasteiger partial charge in [-0.3, -0.25) is 4.79 Å². The van der Waals surface area contributed by atoms with Crippen LogP contribution in [0.25, 0.3) is 0 Å². The Balaban J connectivity index is 1.62. The van der Waals surface area contributed by atoms with Crippen LogP contribution in [0.2, 0.25) is 0 Å². The zero-order chi connectivity index (χ0) is 17.1. The van der Waals surface area contributed by atoms with Crippen molar-refractivity contribution in [2.24, 2.45) is 0 Å². The van der Waals surface area contributed by atoms with Gasteiger partial charge in [0.2, 0.25) is 5.91 Å². The standard InChI is InChI=1S/C16H22N4O3S/c1-10-9-24-13(17-10)5-4-6-14(21)20-7-8-22-11(2)15(20)16-18-12(3)19-23-16/h9,11,15H,4-8H2,1-3H3/t11-,15+/m1/s1. The van der Waals surface area contributed by atoms with Crippen molar-refractivity contribution in [3.05, 3.63) is 27.8 Å². The SMILES string of the molecule is Cc1csc(CCCC(=O)N2CCO[C@H](C)[C@H]2c2nc(C)no2)n1. The molecule has 0 aliphatic carbocycles. The molecular weight excluding hydrogens is 328 g/mol. The Labute approximate surface area is 145 Å². The van der Waals surface area contributed by atoms with Crippen molar-refractivity contribution in [1.82, 2.24) is 20.0 Å². The number of morpholine rings is 1. The molecule has 7 nitrogen and oxygen atoms in total. The first kappa shape index (κ1) is 17.0. The highest BCUT2D eigenvalue weighted by Crippen LogP contribution is 2.29. The van der Waals surface area contributed by atoms with Crippen molar-refractivity contribution in [1.29, 1.82) is 0 Å². The first-order valence-electron chi connectivity index (χ1n) is 8.17. The molecule has 0 aromatic carbocycles. The van der Waals surface area contributed by atoms with E-state index in [1.54, 1.807) is 18.3 Å². The molecule has 0 bridgehead atoms. The Bertz CT molecular complexity index is 699.